The van der Waals surface area contributed by atoms with Gasteiger partial charge in [0.15, 0.2) is 17.5 Å². The smallest absolute Gasteiger partial charge is 0.164 e. The van der Waals surface area contributed by atoms with Crippen LogP contribution in [0.5, 0.6) is 0 Å². The fraction of sp³-hybridized carbons (Fsp3) is 0. The fourth-order valence-corrected chi connectivity index (χ4v) is 7.72. The summed E-state index contributed by atoms with van der Waals surface area (Å²) in [7, 11) is 0. The van der Waals surface area contributed by atoms with Crippen LogP contribution in [0.3, 0.4) is 0 Å². The Bertz CT molecular complexity index is 3040. The molecule has 0 aliphatic carbocycles. The third kappa shape index (κ3) is 3.92. The molecule has 0 unspecified atom stereocenters. The van der Waals surface area contributed by atoms with Gasteiger partial charge in [-0.05, 0) is 62.6 Å². The lowest BCUT2D eigenvalue weighted by Gasteiger charge is -2.14. The first-order valence-electron chi connectivity index (χ1n) is 16.7. The molecule has 11 rings (SSSR count). The summed E-state index contributed by atoms with van der Waals surface area (Å²) in [6.45, 7) is 0. The zero-order valence-corrected chi connectivity index (χ0v) is 26.6. The third-order valence-electron chi connectivity index (χ3n) is 9.91. The average molecular weight is 640 g/mol. The maximum Gasteiger partial charge on any atom is 0.164 e. The van der Waals surface area contributed by atoms with Crippen molar-refractivity contribution >= 4 is 76.2 Å². The molecule has 0 aliphatic rings. The average Bonchev–Trinajstić information content (AvgIpc) is 3.76. The van der Waals surface area contributed by atoms with E-state index in [4.69, 9.17) is 23.8 Å². The Balaban J connectivity index is 1.26. The highest BCUT2D eigenvalue weighted by atomic mass is 16.3. The molecule has 5 heteroatoms. The highest BCUT2D eigenvalue weighted by Crippen LogP contribution is 2.41. The van der Waals surface area contributed by atoms with Crippen molar-refractivity contribution in [3.8, 4) is 34.2 Å². The molecule has 232 valence electrons. The predicted octanol–water partition coefficient (Wildman–Crippen LogP) is 12.1. The SMILES string of the molecule is c1ccc2c(c1)ccc1cc(-c3nc(-c4cccc5oc6ccccc6c45)nc(-c4cccc5oc6ccccc6c45)n3)c3ccccc3c12. The van der Waals surface area contributed by atoms with Gasteiger partial charge in [-0.25, -0.2) is 15.0 Å². The largest absolute Gasteiger partial charge is 0.456 e. The van der Waals surface area contributed by atoms with Crippen LogP contribution in [0, 0.1) is 0 Å². The molecular formula is C45H25N3O2. The summed E-state index contributed by atoms with van der Waals surface area (Å²) in [5.74, 6) is 1.76. The Morgan fingerprint density at radius 2 is 0.760 bits per heavy atom. The number of benzene rings is 8. The number of hydrogen-bond donors (Lipinski definition) is 0. The second-order valence-electron chi connectivity index (χ2n) is 12.7. The molecule has 0 bridgehead atoms. The molecule has 0 fully saturated rings. The normalized spacial score (nSPS) is 12.0. The molecule has 0 aliphatic heterocycles. The lowest BCUT2D eigenvalue weighted by atomic mass is 9.93. The van der Waals surface area contributed by atoms with E-state index in [1.54, 1.807) is 0 Å². The molecule has 11 aromatic rings. The monoisotopic (exact) mass is 639 g/mol. The van der Waals surface area contributed by atoms with Crippen molar-refractivity contribution in [2.45, 2.75) is 0 Å². The van der Waals surface area contributed by atoms with Crippen LogP contribution >= 0.6 is 0 Å². The van der Waals surface area contributed by atoms with Gasteiger partial charge in [0.25, 0.3) is 0 Å². The number of rotatable bonds is 3. The number of hydrogen-bond acceptors (Lipinski definition) is 5. The van der Waals surface area contributed by atoms with E-state index in [9.17, 15) is 0 Å². The summed E-state index contributed by atoms with van der Waals surface area (Å²) in [5, 5.41) is 11.0. The molecule has 0 saturated heterocycles. The van der Waals surface area contributed by atoms with E-state index in [1.165, 1.54) is 16.2 Å². The molecule has 0 atom stereocenters. The molecule has 0 N–H and O–H groups in total. The van der Waals surface area contributed by atoms with Crippen molar-refractivity contribution in [1.29, 1.82) is 0 Å². The Morgan fingerprint density at radius 3 is 1.38 bits per heavy atom. The van der Waals surface area contributed by atoms with Gasteiger partial charge in [0.1, 0.15) is 22.3 Å². The van der Waals surface area contributed by atoms with Crippen LogP contribution in [0.15, 0.2) is 160 Å². The van der Waals surface area contributed by atoms with Gasteiger partial charge in [-0.15, -0.1) is 0 Å². The summed E-state index contributed by atoms with van der Waals surface area (Å²) >= 11 is 0. The minimum Gasteiger partial charge on any atom is -0.456 e. The second-order valence-corrected chi connectivity index (χ2v) is 12.7. The van der Waals surface area contributed by atoms with Gasteiger partial charge in [0.05, 0.1) is 0 Å². The van der Waals surface area contributed by atoms with E-state index in [2.05, 4.69) is 91.0 Å². The quantitative estimate of drug-likeness (QED) is 0.180. The van der Waals surface area contributed by atoms with Crippen LogP contribution in [-0.4, -0.2) is 15.0 Å². The molecule has 3 heterocycles. The summed E-state index contributed by atoms with van der Waals surface area (Å²) < 4.78 is 12.6. The molecule has 5 nitrogen and oxygen atoms in total. The van der Waals surface area contributed by atoms with E-state index in [1.807, 2.05) is 60.7 Å². The molecular weight excluding hydrogens is 615 g/mol. The van der Waals surface area contributed by atoms with Crippen LogP contribution < -0.4 is 0 Å². The van der Waals surface area contributed by atoms with Crippen molar-refractivity contribution in [3.05, 3.63) is 152 Å². The van der Waals surface area contributed by atoms with E-state index in [0.29, 0.717) is 17.5 Å². The molecule has 0 amide bonds. The molecule has 0 radical (unpaired) electrons. The maximum absolute atomic E-state index is 6.30. The Labute approximate surface area is 285 Å². The lowest BCUT2D eigenvalue weighted by Crippen LogP contribution is -2.01. The lowest BCUT2D eigenvalue weighted by molar-refractivity contribution is 0.668. The van der Waals surface area contributed by atoms with Crippen molar-refractivity contribution in [2.75, 3.05) is 0 Å². The highest BCUT2D eigenvalue weighted by molar-refractivity contribution is 6.23. The minimum absolute atomic E-state index is 0.578. The van der Waals surface area contributed by atoms with Crippen molar-refractivity contribution in [3.63, 3.8) is 0 Å². The molecule has 3 aromatic heterocycles. The number of aromatic nitrogens is 3. The van der Waals surface area contributed by atoms with Gasteiger partial charge in [0.2, 0.25) is 0 Å². The Kier molecular flexibility index (Phi) is 5.60. The summed E-state index contributed by atoms with van der Waals surface area (Å²) in [6.07, 6.45) is 0. The van der Waals surface area contributed by atoms with Crippen LogP contribution in [0.1, 0.15) is 0 Å². The minimum atomic E-state index is 0.578. The number of fused-ring (bicyclic) bond motifs is 11. The van der Waals surface area contributed by atoms with Crippen LogP contribution in [0.2, 0.25) is 0 Å². The molecule has 8 aromatic carbocycles. The zero-order valence-electron chi connectivity index (χ0n) is 26.6. The number of furan rings is 2. The van der Waals surface area contributed by atoms with Gasteiger partial charge in [-0.3, -0.25) is 0 Å². The van der Waals surface area contributed by atoms with Crippen LogP contribution in [0.4, 0.5) is 0 Å². The number of para-hydroxylation sites is 2. The van der Waals surface area contributed by atoms with Crippen molar-refractivity contribution in [2.24, 2.45) is 0 Å². The molecule has 0 saturated carbocycles. The molecule has 50 heavy (non-hydrogen) atoms. The van der Waals surface area contributed by atoms with Gasteiger partial charge >= 0.3 is 0 Å². The standard InChI is InChI=1S/C45H25N3O2/c1-2-12-28-26(11-1)23-24-27-25-35(29-13-3-4-14-30(29)40(27)28)45-47-43(33-17-9-21-38-41(33)31-15-5-7-19-36(31)49-38)46-44(48-45)34-18-10-22-39-42(34)32-16-6-8-20-37(32)50-39/h1-25H. The van der Waals surface area contributed by atoms with Crippen LogP contribution in [0.25, 0.3) is 110 Å². The van der Waals surface area contributed by atoms with E-state index in [0.717, 1.165) is 76.7 Å². The summed E-state index contributed by atoms with van der Waals surface area (Å²) in [5.41, 5.74) is 5.95. The Morgan fingerprint density at radius 1 is 0.300 bits per heavy atom. The first-order chi connectivity index (χ1) is 24.8. The van der Waals surface area contributed by atoms with Crippen molar-refractivity contribution in [1.82, 2.24) is 15.0 Å². The van der Waals surface area contributed by atoms with Gasteiger partial charge in [-0.2, -0.15) is 0 Å². The van der Waals surface area contributed by atoms with Crippen molar-refractivity contribution < 1.29 is 8.83 Å². The zero-order chi connectivity index (χ0) is 32.8. The first kappa shape index (κ1) is 27.1. The van der Waals surface area contributed by atoms with E-state index in [-0.39, 0.29) is 0 Å². The maximum atomic E-state index is 6.30. The molecule has 0 spiro atoms. The van der Waals surface area contributed by atoms with Crippen LogP contribution in [-0.2, 0) is 0 Å². The van der Waals surface area contributed by atoms with Gasteiger partial charge in [0, 0.05) is 38.2 Å². The topological polar surface area (TPSA) is 65.0 Å². The van der Waals surface area contributed by atoms with Gasteiger partial charge < -0.3 is 8.83 Å². The van der Waals surface area contributed by atoms with E-state index < -0.39 is 0 Å². The van der Waals surface area contributed by atoms with E-state index >= 15 is 0 Å². The number of nitrogens with zero attached hydrogens (tertiary/aromatic N) is 3. The first-order valence-corrected chi connectivity index (χ1v) is 16.7. The predicted molar refractivity (Wildman–Crippen MR) is 203 cm³/mol. The highest BCUT2D eigenvalue weighted by Gasteiger charge is 2.21. The van der Waals surface area contributed by atoms with Gasteiger partial charge in [-0.1, -0.05) is 121 Å². The second kappa shape index (κ2) is 10.3. The summed E-state index contributed by atoms with van der Waals surface area (Å²) in [4.78, 5) is 15.8. The summed E-state index contributed by atoms with van der Waals surface area (Å²) in [6, 6.07) is 52.2. The third-order valence-corrected chi connectivity index (χ3v) is 9.91. The Hall–Kier alpha value is -6.85. The fourth-order valence-electron chi connectivity index (χ4n) is 7.72.